The van der Waals surface area contributed by atoms with E-state index in [2.05, 4.69) is 39.8 Å². The zero-order valence-electron chi connectivity index (χ0n) is 18.8. The molecule has 0 bridgehead atoms. The number of amides is 1. The van der Waals surface area contributed by atoms with Gasteiger partial charge >= 0.3 is 0 Å². The fourth-order valence-electron chi connectivity index (χ4n) is 4.56. The summed E-state index contributed by atoms with van der Waals surface area (Å²) in [5, 5.41) is 24.7. The Hall–Kier alpha value is -2.87. The molecule has 2 heterocycles. The molecule has 0 saturated carbocycles. The molecular weight excluding hydrogens is 438 g/mol. The number of halogens is 1. The monoisotopic (exact) mass is 467 g/mol. The van der Waals surface area contributed by atoms with Gasteiger partial charge in [-0.1, -0.05) is 35.9 Å². The highest BCUT2D eigenvalue weighted by atomic mass is 35.5. The molecule has 1 atom stereocenters. The van der Waals surface area contributed by atoms with E-state index in [9.17, 15) is 9.90 Å². The summed E-state index contributed by atoms with van der Waals surface area (Å²) in [6.07, 6.45) is 3.88. The number of fused-ring (bicyclic) bond motifs is 2. The normalized spacial score (nSPS) is 17.2. The van der Waals surface area contributed by atoms with Crippen molar-refractivity contribution < 1.29 is 9.90 Å². The summed E-state index contributed by atoms with van der Waals surface area (Å²) < 4.78 is 0. The number of allylic oxidation sites excluding steroid dienone is 1. The Balaban J connectivity index is 1.41. The summed E-state index contributed by atoms with van der Waals surface area (Å²) in [6.45, 7) is 3.13. The van der Waals surface area contributed by atoms with Crippen LogP contribution >= 0.6 is 11.6 Å². The molecule has 33 heavy (non-hydrogen) atoms. The third-order valence-corrected chi connectivity index (χ3v) is 6.52. The van der Waals surface area contributed by atoms with E-state index in [1.54, 1.807) is 24.2 Å². The number of nitrogens with zero attached hydrogens (tertiary/aromatic N) is 2. The van der Waals surface area contributed by atoms with Crippen molar-refractivity contribution in [2.45, 2.75) is 25.5 Å². The maximum atomic E-state index is 13.2. The number of nitrogens with one attached hydrogen (secondary N) is 3. The largest absolute Gasteiger partial charge is 0.392 e. The molecule has 7 nitrogen and oxygen atoms in total. The molecule has 0 fully saturated rings. The molecule has 4 rings (SSSR count). The molecule has 2 aromatic rings. The summed E-state index contributed by atoms with van der Waals surface area (Å²) >= 11 is 6.42. The van der Waals surface area contributed by atoms with E-state index >= 15 is 0 Å². The van der Waals surface area contributed by atoms with E-state index in [-0.39, 0.29) is 5.91 Å². The highest BCUT2D eigenvalue weighted by Crippen LogP contribution is 2.30. The Kier molecular flexibility index (Phi) is 7.33. The first-order chi connectivity index (χ1) is 16.0. The molecule has 1 amide bonds. The third kappa shape index (κ3) is 5.38. The first-order valence-electron chi connectivity index (χ1n) is 11.2. The molecular formula is C25H30ClN5O2. The molecule has 4 N–H and O–H groups in total. The van der Waals surface area contributed by atoms with Gasteiger partial charge in [-0.25, -0.2) is 0 Å². The highest BCUT2D eigenvalue weighted by molar-refractivity contribution is 6.33. The molecule has 2 aromatic carbocycles. The average molecular weight is 468 g/mol. The van der Waals surface area contributed by atoms with Crippen molar-refractivity contribution >= 4 is 29.4 Å². The topological polar surface area (TPSA) is 91.7 Å². The summed E-state index contributed by atoms with van der Waals surface area (Å²) in [7, 11) is 1.75. The van der Waals surface area contributed by atoms with Crippen LogP contribution in [0.15, 0.2) is 48.3 Å². The van der Waals surface area contributed by atoms with Gasteiger partial charge in [-0.05, 0) is 41.7 Å². The molecule has 0 aromatic heterocycles. The van der Waals surface area contributed by atoms with E-state index in [1.165, 1.54) is 17.3 Å². The Labute approximate surface area is 199 Å². The van der Waals surface area contributed by atoms with Crippen LogP contribution in [0, 0.1) is 5.41 Å². The standard InChI is InChI=1S/C25H30ClN5O2/c1-28-13-20(12-27)29-24-11-22-18(10-23(24)26)7-9-31(25(22)33)16-21(32)15-30-8-6-17-4-2-3-5-19(17)14-30/h2-5,10-13,21,27-29,32H,6-9,14-16H2,1H3/b20-13+,27-12?. The molecule has 1 unspecified atom stereocenters. The molecule has 0 spiro atoms. The van der Waals surface area contributed by atoms with Gasteiger partial charge < -0.3 is 26.0 Å². The van der Waals surface area contributed by atoms with Crippen molar-refractivity contribution in [3.8, 4) is 0 Å². The second-order valence-electron chi connectivity index (χ2n) is 8.56. The number of rotatable bonds is 8. The SMILES string of the molecule is CN/C=C(\C=N)Nc1cc2c(cc1Cl)CCN(CC(O)CN1CCc3ccccc3C1)C2=O. The number of benzene rings is 2. The summed E-state index contributed by atoms with van der Waals surface area (Å²) in [5.74, 6) is -0.104. The minimum atomic E-state index is -0.617. The number of carbonyl (C=O) groups is 1. The molecule has 174 valence electrons. The van der Waals surface area contributed by atoms with Crippen LogP contribution in [0.3, 0.4) is 0 Å². The van der Waals surface area contributed by atoms with Gasteiger partial charge in [0.05, 0.1) is 22.5 Å². The lowest BCUT2D eigenvalue weighted by molar-refractivity contribution is 0.0493. The van der Waals surface area contributed by atoms with Crippen molar-refractivity contribution in [1.82, 2.24) is 15.1 Å². The Morgan fingerprint density at radius 3 is 2.70 bits per heavy atom. The fourth-order valence-corrected chi connectivity index (χ4v) is 4.80. The van der Waals surface area contributed by atoms with Gasteiger partial charge in [-0.2, -0.15) is 0 Å². The van der Waals surface area contributed by atoms with Gasteiger partial charge in [0.1, 0.15) is 0 Å². The average Bonchev–Trinajstić information content (AvgIpc) is 2.81. The molecule has 8 heteroatoms. The van der Waals surface area contributed by atoms with Gasteiger partial charge in [-0.15, -0.1) is 0 Å². The Bertz CT molecular complexity index is 1070. The summed E-state index contributed by atoms with van der Waals surface area (Å²) in [5.41, 5.74) is 5.28. The fraction of sp³-hybridized carbons (Fsp3) is 0.360. The van der Waals surface area contributed by atoms with Crippen LogP contribution in [0.4, 0.5) is 5.69 Å². The lowest BCUT2D eigenvalue weighted by Gasteiger charge is -2.34. The second-order valence-corrected chi connectivity index (χ2v) is 8.96. The second kappa shape index (κ2) is 10.4. The predicted octanol–water partition coefficient (Wildman–Crippen LogP) is 2.88. The van der Waals surface area contributed by atoms with Crippen molar-refractivity contribution in [3.05, 3.63) is 75.6 Å². The number of aliphatic hydroxyl groups is 1. The van der Waals surface area contributed by atoms with E-state index < -0.39 is 6.10 Å². The number of hydrogen-bond donors (Lipinski definition) is 4. The minimum absolute atomic E-state index is 0.104. The Morgan fingerprint density at radius 1 is 1.18 bits per heavy atom. The van der Waals surface area contributed by atoms with Crippen LogP contribution in [0.1, 0.15) is 27.0 Å². The summed E-state index contributed by atoms with van der Waals surface area (Å²) in [4.78, 5) is 17.2. The zero-order chi connectivity index (χ0) is 23.4. The zero-order valence-corrected chi connectivity index (χ0v) is 19.5. The first kappa shape index (κ1) is 23.3. The summed E-state index contributed by atoms with van der Waals surface area (Å²) in [6, 6.07) is 12.0. The number of β-amino-alcohol motifs (C(OH)–C–C–N with tert-alkyl or cyclic N) is 1. The van der Waals surface area contributed by atoms with Crippen molar-refractivity contribution in [1.29, 1.82) is 5.41 Å². The van der Waals surface area contributed by atoms with E-state index in [1.807, 2.05) is 6.07 Å². The van der Waals surface area contributed by atoms with Crippen LogP contribution in [-0.2, 0) is 19.4 Å². The van der Waals surface area contributed by atoms with Crippen molar-refractivity contribution in [3.63, 3.8) is 0 Å². The number of aliphatic hydroxyl groups excluding tert-OH is 1. The lowest BCUT2D eigenvalue weighted by atomic mass is 9.97. The van der Waals surface area contributed by atoms with Crippen LogP contribution < -0.4 is 10.6 Å². The first-order valence-corrected chi connectivity index (χ1v) is 11.6. The van der Waals surface area contributed by atoms with Gasteiger partial charge in [0.25, 0.3) is 5.91 Å². The number of anilines is 1. The molecule has 0 aliphatic carbocycles. The maximum Gasteiger partial charge on any atom is 0.254 e. The quantitative estimate of drug-likeness (QED) is 0.448. The molecule has 2 aliphatic rings. The smallest absolute Gasteiger partial charge is 0.254 e. The third-order valence-electron chi connectivity index (χ3n) is 6.21. The molecule has 0 radical (unpaired) electrons. The number of carbonyl (C=O) groups excluding carboxylic acids is 1. The minimum Gasteiger partial charge on any atom is -0.392 e. The van der Waals surface area contributed by atoms with Crippen LogP contribution in [0.5, 0.6) is 0 Å². The molecule has 0 saturated heterocycles. The molecule has 2 aliphatic heterocycles. The van der Waals surface area contributed by atoms with Gasteiger partial charge in [0.15, 0.2) is 0 Å². The van der Waals surface area contributed by atoms with Crippen LogP contribution in [-0.4, -0.2) is 66.4 Å². The predicted molar refractivity (Wildman–Crippen MR) is 132 cm³/mol. The maximum absolute atomic E-state index is 13.2. The van der Waals surface area contributed by atoms with Crippen LogP contribution in [0.25, 0.3) is 0 Å². The van der Waals surface area contributed by atoms with E-state index in [4.69, 9.17) is 17.0 Å². The van der Waals surface area contributed by atoms with E-state index in [0.717, 1.165) is 25.1 Å². The van der Waals surface area contributed by atoms with Crippen LogP contribution in [0.2, 0.25) is 5.02 Å². The van der Waals surface area contributed by atoms with Crippen molar-refractivity contribution in [2.75, 3.05) is 38.5 Å². The van der Waals surface area contributed by atoms with Gasteiger partial charge in [0.2, 0.25) is 0 Å². The highest BCUT2D eigenvalue weighted by Gasteiger charge is 2.28. The van der Waals surface area contributed by atoms with E-state index in [0.29, 0.717) is 48.0 Å². The van der Waals surface area contributed by atoms with Crippen molar-refractivity contribution in [2.24, 2.45) is 0 Å². The van der Waals surface area contributed by atoms with Gasteiger partial charge in [0, 0.05) is 57.7 Å². The lowest BCUT2D eigenvalue weighted by Crippen LogP contribution is -2.46. The van der Waals surface area contributed by atoms with Gasteiger partial charge in [-0.3, -0.25) is 9.69 Å². The number of hydrogen-bond acceptors (Lipinski definition) is 6. The Morgan fingerprint density at radius 2 is 1.94 bits per heavy atom.